The van der Waals surface area contributed by atoms with E-state index in [1.54, 1.807) is 12.1 Å². The Labute approximate surface area is 110 Å². The molecule has 1 fully saturated rings. The molecule has 2 aromatic rings. The van der Waals surface area contributed by atoms with Gasteiger partial charge in [0.05, 0.1) is 5.41 Å². The lowest BCUT2D eigenvalue weighted by Gasteiger charge is -2.12. The van der Waals surface area contributed by atoms with Gasteiger partial charge in [-0.2, -0.15) is 0 Å². The Morgan fingerprint density at radius 2 is 1.79 bits per heavy atom. The molecule has 96 valence electrons. The molecule has 1 aliphatic carbocycles. The van der Waals surface area contributed by atoms with Gasteiger partial charge in [-0.3, -0.25) is 4.79 Å². The fourth-order valence-electron chi connectivity index (χ4n) is 2.41. The van der Waals surface area contributed by atoms with Gasteiger partial charge in [-0.25, -0.2) is 4.39 Å². The first-order valence-electron chi connectivity index (χ1n) is 6.22. The van der Waals surface area contributed by atoms with Crippen LogP contribution in [0.5, 0.6) is 0 Å². The Balaban J connectivity index is 2.10. The maximum absolute atomic E-state index is 13.9. The van der Waals surface area contributed by atoms with Crippen molar-refractivity contribution in [3.8, 4) is 11.1 Å². The number of carbonyl (C=O) groups is 1. The summed E-state index contributed by atoms with van der Waals surface area (Å²) in [6.45, 7) is 0. The summed E-state index contributed by atoms with van der Waals surface area (Å²) in [5.41, 5.74) is 1.13. The SMILES string of the molecule is O=C(O)C1(c2ccc(F)c(-c3ccccc3)c2)CC1. The molecule has 1 N–H and O–H groups in total. The van der Waals surface area contributed by atoms with E-state index in [0.717, 1.165) is 5.56 Å². The van der Waals surface area contributed by atoms with Gasteiger partial charge in [0.25, 0.3) is 0 Å². The topological polar surface area (TPSA) is 37.3 Å². The highest BCUT2D eigenvalue weighted by atomic mass is 19.1. The monoisotopic (exact) mass is 256 g/mol. The average molecular weight is 256 g/mol. The van der Waals surface area contributed by atoms with Crippen molar-refractivity contribution in [1.29, 1.82) is 0 Å². The summed E-state index contributed by atoms with van der Waals surface area (Å²) >= 11 is 0. The second-order valence-electron chi connectivity index (χ2n) is 4.95. The molecule has 2 aromatic carbocycles. The molecule has 0 aromatic heterocycles. The summed E-state index contributed by atoms with van der Waals surface area (Å²) < 4.78 is 13.9. The molecule has 1 aliphatic rings. The molecule has 0 aliphatic heterocycles. The molecule has 0 unspecified atom stereocenters. The zero-order valence-corrected chi connectivity index (χ0v) is 10.3. The van der Waals surface area contributed by atoms with Crippen molar-refractivity contribution in [2.75, 3.05) is 0 Å². The molecular weight excluding hydrogens is 243 g/mol. The van der Waals surface area contributed by atoms with E-state index in [9.17, 15) is 14.3 Å². The molecule has 19 heavy (non-hydrogen) atoms. The third-order valence-electron chi connectivity index (χ3n) is 3.76. The molecule has 3 heteroatoms. The van der Waals surface area contributed by atoms with Crippen LogP contribution < -0.4 is 0 Å². The second kappa shape index (κ2) is 4.19. The smallest absolute Gasteiger partial charge is 0.314 e. The molecule has 2 nitrogen and oxygen atoms in total. The first-order chi connectivity index (χ1) is 9.13. The van der Waals surface area contributed by atoms with Crippen LogP contribution in [0.25, 0.3) is 11.1 Å². The Hall–Kier alpha value is -2.16. The summed E-state index contributed by atoms with van der Waals surface area (Å²) in [4.78, 5) is 11.3. The minimum absolute atomic E-state index is 0.323. The molecule has 0 spiro atoms. The largest absolute Gasteiger partial charge is 0.481 e. The second-order valence-corrected chi connectivity index (χ2v) is 4.95. The van der Waals surface area contributed by atoms with E-state index in [4.69, 9.17) is 0 Å². The molecule has 0 bridgehead atoms. The molecule has 0 amide bonds. The lowest BCUT2D eigenvalue weighted by atomic mass is 9.92. The third-order valence-corrected chi connectivity index (χ3v) is 3.76. The van der Waals surface area contributed by atoms with Crippen molar-refractivity contribution in [3.63, 3.8) is 0 Å². The molecule has 1 saturated carbocycles. The zero-order chi connectivity index (χ0) is 13.5. The number of benzene rings is 2. The molecule has 0 heterocycles. The number of rotatable bonds is 3. The van der Waals surface area contributed by atoms with Crippen molar-refractivity contribution in [3.05, 3.63) is 59.9 Å². The van der Waals surface area contributed by atoms with E-state index in [0.29, 0.717) is 24.0 Å². The van der Waals surface area contributed by atoms with E-state index in [1.807, 2.05) is 30.3 Å². The zero-order valence-electron chi connectivity index (χ0n) is 10.3. The highest BCUT2D eigenvalue weighted by Crippen LogP contribution is 2.49. The lowest BCUT2D eigenvalue weighted by molar-refractivity contribution is -0.140. The quantitative estimate of drug-likeness (QED) is 0.910. The third kappa shape index (κ3) is 1.91. The highest BCUT2D eigenvalue weighted by Gasteiger charge is 2.51. The van der Waals surface area contributed by atoms with E-state index < -0.39 is 11.4 Å². The minimum Gasteiger partial charge on any atom is -0.481 e. The van der Waals surface area contributed by atoms with Crippen molar-refractivity contribution in [1.82, 2.24) is 0 Å². The van der Waals surface area contributed by atoms with Crippen LogP contribution in [0.15, 0.2) is 48.5 Å². The number of hydrogen-bond donors (Lipinski definition) is 1. The van der Waals surface area contributed by atoms with Gasteiger partial charge in [-0.05, 0) is 36.1 Å². The highest BCUT2D eigenvalue weighted by molar-refractivity contribution is 5.85. The fourth-order valence-corrected chi connectivity index (χ4v) is 2.41. The Kier molecular flexibility index (Phi) is 2.63. The molecule has 0 radical (unpaired) electrons. The Bertz CT molecular complexity index is 630. The van der Waals surface area contributed by atoms with Crippen molar-refractivity contribution in [2.45, 2.75) is 18.3 Å². The van der Waals surface area contributed by atoms with Gasteiger partial charge in [0.1, 0.15) is 5.82 Å². The first kappa shape index (κ1) is 11.9. The molecular formula is C16H13FO2. The predicted octanol–water partition coefficient (Wildman–Crippen LogP) is 3.61. The van der Waals surface area contributed by atoms with Crippen LogP contribution in [0, 0.1) is 5.82 Å². The van der Waals surface area contributed by atoms with E-state index in [2.05, 4.69) is 0 Å². The van der Waals surface area contributed by atoms with Gasteiger partial charge in [-0.15, -0.1) is 0 Å². The average Bonchev–Trinajstić information content (AvgIpc) is 3.22. The summed E-state index contributed by atoms with van der Waals surface area (Å²) in [6.07, 6.45) is 1.25. The summed E-state index contributed by atoms with van der Waals surface area (Å²) in [5.74, 6) is -1.14. The maximum atomic E-state index is 13.9. The van der Waals surface area contributed by atoms with Gasteiger partial charge in [-0.1, -0.05) is 36.4 Å². The van der Waals surface area contributed by atoms with Crippen LogP contribution >= 0.6 is 0 Å². The fraction of sp³-hybridized carbons (Fsp3) is 0.188. The van der Waals surface area contributed by atoms with Crippen LogP contribution in [0.3, 0.4) is 0 Å². The van der Waals surface area contributed by atoms with Gasteiger partial charge < -0.3 is 5.11 Å². The van der Waals surface area contributed by atoms with E-state index >= 15 is 0 Å². The number of aliphatic carboxylic acids is 1. The number of hydrogen-bond acceptors (Lipinski definition) is 1. The molecule has 0 saturated heterocycles. The van der Waals surface area contributed by atoms with Crippen molar-refractivity contribution < 1.29 is 14.3 Å². The first-order valence-corrected chi connectivity index (χ1v) is 6.22. The molecule has 3 rings (SSSR count). The Morgan fingerprint density at radius 3 is 2.37 bits per heavy atom. The summed E-state index contributed by atoms with van der Waals surface area (Å²) in [5, 5.41) is 9.29. The van der Waals surface area contributed by atoms with E-state index in [-0.39, 0.29) is 5.82 Å². The van der Waals surface area contributed by atoms with Crippen LogP contribution in [0.4, 0.5) is 4.39 Å². The van der Waals surface area contributed by atoms with Crippen LogP contribution in [-0.2, 0) is 10.2 Å². The molecule has 0 atom stereocenters. The van der Waals surface area contributed by atoms with Gasteiger partial charge in [0.15, 0.2) is 0 Å². The lowest BCUT2D eigenvalue weighted by Crippen LogP contribution is -2.19. The van der Waals surface area contributed by atoms with Crippen molar-refractivity contribution >= 4 is 5.97 Å². The maximum Gasteiger partial charge on any atom is 0.314 e. The number of carboxylic acid groups (broad SMARTS) is 1. The van der Waals surface area contributed by atoms with Crippen LogP contribution in [-0.4, -0.2) is 11.1 Å². The standard InChI is InChI=1S/C16H13FO2/c17-14-7-6-12(16(8-9-16)15(18)19)10-13(14)11-4-2-1-3-5-11/h1-7,10H,8-9H2,(H,18,19). The van der Waals surface area contributed by atoms with Crippen molar-refractivity contribution in [2.24, 2.45) is 0 Å². The number of halogens is 1. The van der Waals surface area contributed by atoms with Gasteiger partial charge >= 0.3 is 5.97 Å². The predicted molar refractivity (Wildman–Crippen MR) is 70.4 cm³/mol. The summed E-state index contributed by atoms with van der Waals surface area (Å²) in [6, 6.07) is 13.8. The number of carboxylic acids is 1. The normalized spacial score (nSPS) is 16.1. The van der Waals surface area contributed by atoms with E-state index in [1.165, 1.54) is 6.07 Å². The van der Waals surface area contributed by atoms with Crippen LogP contribution in [0.2, 0.25) is 0 Å². The minimum atomic E-state index is -0.821. The van der Waals surface area contributed by atoms with Crippen LogP contribution in [0.1, 0.15) is 18.4 Å². The Morgan fingerprint density at radius 1 is 1.11 bits per heavy atom. The summed E-state index contributed by atoms with van der Waals surface area (Å²) in [7, 11) is 0. The van der Waals surface area contributed by atoms with Gasteiger partial charge in [0.2, 0.25) is 0 Å². The van der Waals surface area contributed by atoms with Gasteiger partial charge in [0, 0.05) is 5.56 Å².